The summed E-state index contributed by atoms with van der Waals surface area (Å²) in [5, 5.41) is 3.34. The lowest BCUT2D eigenvalue weighted by Gasteiger charge is -2.17. The second-order valence-corrected chi connectivity index (χ2v) is 10.1. The summed E-state index contributed by atoms with van der Waals surface area (Å²) in [5.41, 5.74) is -0.168. The Balaban J connectivity index is 1.52. The zero-order valence-corrected chi connectivity index (χ0v) is 20.0. The summed E-state index contributed by atoms with van der Waals surface area (Å²) < 4.78 is 77.8. The van der Waals surface area contributed by atoms with Gasteiger partial charge in [-0.2, -0.15) is 13.2 Å². The average molecular weight is 528 g/mol. The fourth-order valence-electron chi connectivity index (χ4n) is 3.73. The van der Waals surface area contributed by atoms with Gasteiger partial charge in [-0.1, -0.05) is 24.8 Å². The van der Waals surface area contributed by atoms with E-state index in [9.17, 15) is 35.6 Å². The third kappa shape index (κ3) is 7.37. The second-order valence-electron chi connectivity index (χ2n) is 8.42. The molecule has 0 radical (unpaired) electrons. The van der Waals surface area contributed by atoms with Crippen LogP contribution in [-0.2, 0) is 34.0 Å². The molecule has 2 amide bonds. The highest BCUT2D eigenvalue weighted by Gasteiger charge is 2.30. The van der Waals surface area contributed by atoms with Crippen LogP contribution in [0.4, 0.5) is 17.6 Å². The molecule has 1 heterocycles. The first-order chi connectivity index (χ1) is 16.9. The van der Waals surface area contributed by atoms with Gasteiger partial charge >= 0.3 is 6.18 Å². The van der Waals surface area contributed by atoms with Crippen LogP contribution in [-0.4, -0.2) is 44.8 Å². The molecular formula is C24H25F4N3O4S. The fourth-order valence-corrected chi connectivity index (χ4v) is 4.32. The van der Waals surface area contributed by atoms with Gasteiger partial charge in [0.05, 0.1) is 12.0 Å². The first-order valence-corrected chi connectivity index (χ1v) is 12.5. The smallest absolute Gasteiger partial charge is 0.352 e. The van der Waals surface area contributed by atoms with E-state index in [1.807, 2.05) is 0 Å². The molecule has 1 aliphatic rings. The number of nitrogens with one attached hydrogen (secondary N) is 2. The molecule has 0 saturated carbocycles. The number of hydrogen-bond acceptors (Lipinski definition) is 4. The summed E-state index contributed by atoms with van der Waals surface area (Å²) in [7, 11) is -3.56. The number of carbonyl (C=O) groups is 2. The lowest BCUT2D eigenvalue weighted by atomic mass is 10.1. The first kappa shape index (κ1) is 27.3. The molecule has 12 heteroatoms. The molecule has 1 aliphatic heterocycles. The van der Waals surface area contributed by atoms with Crippen LogP contribution in [0.2, 0.25) is 0 Å². The van der Waals surface area contributed by atoms with Gasteiger partial charge in [-0.3, -0.25) is 9.59 Å². The van der Waals surface area contributed by atoms with E-state index >= 15 is 0 Å². The Morgan fingerprint density at radius 3 is 2.44 bits per heavy atom. The lowest BCUT2D eigenvalue weighted by Crippen LogP contribution is -2.32. The van der Waals surface area contributed by atoms with Crippen molar-refractivity contribution in [3.63, 3.8) is 0 Å². The number of sulfonamides is 1. The minimum atomic E-state index is -4.45. The quantitative estimate of drug-likeness (QED) is 0.490. The summed E-state index contributed by atoms with van der Waals surface area (Å²) in [6.45, 7) is 4.07. The number of benzene rings is 2. The largest absolute Gasteiger partial charge is 0.416 e. The number of nitrogens with zero attached hydrogens (tertiary/aromatic N) is 1. The number of alkyl halides is 3. The van der Waals surface area contributed by atoms with Crippen molar-refractivity contribution in [2.75, 3.05) is 19.6 Å². The van der Waals surface area contributed by atoms with E-state index in [4.69, 9.17) is 0 Å². The van der Waals surface area contributed by atoms with Crippen LogP contribution in [0, 0.1) is 11.7 Å². The zero-order chi connectivity index (χ0) is 26.5. The minimum absolute atomic E-state index is 0.0196. The molecule has 2 aromatic carbocycles. The molecule has 1 fully saturated rings. The summed E-state index contributed by atoms with van der Waals surface area (Å²) in [5.74, 6) is -1.75. The number of carbonyl (C=O) groups excluding carboxylic acids is 2. The van der Waals surface area contributed by atoms with Gasteiger partial charge in [0.1, 0.15) is 5.82 Å². The number of amides is 2. The van der Waals surface area contributed by atoms with E-state index in [2.05, 4.69) is 16.6 Å². The maximum Gasteiger partial charge on any atom is 0.416 e. The third-order valence-corrected chi connectivity index (χ3v) is 6.80. The van der Waals surface area contributed by atoms with Crippen molar-refractivity contribution >= 4 is 21.8 Å². The first-order valence-electron chi connectivity index (χ1n) is 11.0. The summed E-state index contributed by atoms with van der Waals surface area (Å²) in [6, 6.07) is 8.14. The monoisotopic (exact) mass is 527 g/mol. The molecule has 194 valence electrons. The van der Waals surface area contributed by atoms with Crippen LogP contribution in [0.25, 0.3) is 0 Å². The SMILES string of the molecule is C=CS(=O)(=O)NC[C@H]1CCN(C(=O)c2ccc(CC(=O)NCc3ccc(C(F)(F)F)cc3)c(F)c2)C1. The average Bonchev–Trinajstić information content (AvgIpc) is 3.31. The summed E-state index contributed by atoms with van der Waals surface area (Å²) >= 11 is 0. The van der Waals surface area contributed by atoms with Crippen LogP contribution >= 0.6 is 0 Å². The molecule has 36 heavy (non-hydrogen) atoms. The Morgan fingerprint density at radius 1 is 1.14 bits per heavy atom. The predicted molar refractivity (Wildman–Crippen MR) is 125 cm³/mol. The van der Waals surface area contributed by atoms with Crippen molar-refractivity contribution < 1.29 is 35.6 Å². The minimum Gasteiger partial charge on any atom is -0.352 e. The van der Waals surface area contributed by atoms with Gasteiger partial charge < -0.3 is 10.2 Å². The van der Waals surface area contributed by atoms with Gasteiger partial charge in [-0.25, -0.2) is 17.5 Å². The van der Waals surface area contributed by atoms with E-state index in [1.165, 1.54) is 29.2 Å². The van der Waals surface area contributed by atoms with E-state index in [0.29, 0.717) is 25.1 Å². The molecule has 0 aromatic heterocycles. The normalized spacial score (nSPS) is 16.1. The topological polar surface area (TPSA) is 95.6 Å². The highest BCUT2D eigenvalue weighted by atomic mass is 32.2. The van der Waals surface area contributed by atoms with Gasteiger partial charge in [-0.15, -0.1) is 0 Å². The Bertz CT molecular complexity index is 1230. The number of halogens is 4. The van der Waals surface area contributed by atoms with Crippen molar-refractivity contribution in [3.8, 4) is 0 Å². The molecule has 0 bridgehead atoms. The van der Waals surface area contributed by atoms with Crippen molar-refractivity contribution in [2.24, 2.45) is 5.92 Å². The van der Waals surface area contributed by atoms with Gasteiger partial charge in [0.25, 0.3) is 5.91 Å². The van der Waals surface area contributed by atoms with E-state index in [0.717, 1.165) is 23.6 Å². The Hall–Kier alpha value is -3.25. The van der Waals surface area contributed by atoms with E-state index in [1.54, 1.807) is 0 Å². The Labute approximate surface area is 206 Å². The van der Waals surface area contributed by atoms with Crippen molar-refractivity contribution in [3.05, 3.63) is 82.5 Å². The summed E-state index contributed by atoms with van der Waals surface area (Å²) in [4.78, 5) is 26.4. The highest BCUT2D eigenvalue weighted by Crippen LogP contribution is 2.29. The molecule has 0 spiro atoms. The standard InChI is InChI=1S/C24H25F4N3O4S/c1-2-36(34,35)30-14-17-9-10-31(15-17)23(33)19-6-5-18(21(25)11-19)12-22(32)29-13-16-3-7-20(8-4-16)24(26,27)28/h2-8,11,17,30H,1,9-10,12-15H2,(H,29,32)/t17-/m1/s1. The van der Waals surface area contributed by atoms with Crippen LogP contribution in [0.3, 0.4) is 0 Å². The van der Waals surface area contributed by atoms with Crippen LogP contribution < -0.4 is 10.0 Å². The molecule has 7 nitrogen and oxygen atoms in total. The van der Waals surface area contributed by atoms with Crippen molar-refractivity contribution in [1.82, 2.24) is 14.9 Å². The van der Waals surface area contributed by atoms with Crippen molar-refractivity contribution in [1.29, 1.82) is 0 Å². The molecule has 2 aromatic rings. The van der Waals surface area contributed by atoms with Gasteiger partial charge in [-0.05, 0) is 47.7 Å². The lowest BCUT2D eigenvalue weighted by molar-refractivity contribution is -0.137. The molecule has 1 atom stereocenters. The Morgan fingerprint density at radius 2 is 1.83 bits per heavy atom. The molecule has 0 aliphatic carbocycles. The second kappa shape index (κ2) is 11.2. The van der Waals surface area contributed by atoms with E-state index in [-0.39, 0.29) is 36.6 Å². The van der Waals surface area contributed by atoms with Gasteiger partial charge in [0, 0.05) is 37.2 Å². The molecule has 0 unspecified atom stereocenters. The maximum atomic E-state index is 14.6. The summed E-state index contributed by atoms with van der Waals surface area (Å²) in [6.07, 6.45) is -4.17. The predicted octanol–water partition coefficient (Wildman–Crippen LogP) is 3.23. The van der Waals surface area contributed by atoms with Crippen LogP contribution in [0.15, 0.2) is 54.5 Å². The van der Waals surface area contributed by atoms with Crippen LogP contribution in [0.1, 0.15) is 33.5 Å². The van der Waals surface area contributed by atoms with Gasteiger partial charge in [0.2, 0.25) is 15.9 Å². The fraction of sp³-hybridized carbons (Fsp3) is 0.333. The van der Waals surface area contributed by atoms with Crippen molar-refractivity contribution in [2.45, 2.75) is 25.6 Å². The van der Waals surface area contributed by atoms with Gasteiger partial charge in [0.15, 0.2) is 0 Å². The Kier molecular flexibility index (Phi) is 8.51. The molecular weight excluding hydrogens is 502 g/mol. The maximum absolute atomic E-state index is 14.6. The number of hydrogen-bond donors (Lipinski definition) is 2. The molecule has 2 N–H and O–H groups in total. The van der Waals surface area contributed by atoms with E-state index < -0.39 is 39.4 Å². The number of rotatable bonds is 9. The van der Waals surface area contributed by atoms with Crippen LogP contribution in [0.5, 0.6) is 0 Å². The molecule has 1 saturated heterocycles. The third-order valence-electron chi connectivity index (χ3n) is 5.79. The zero-order valence-electron chi connectivity index (χ0n) is 19.1. The highest BCUT2D eigenvalue weighted by molar-refractivity contribution is 7.92. The molecule has 3 rings (SSSR count). The number of likely N-dealkylation sites (tertiary alicyclic amines) is 1.